The van der Waals surface area contributed by atoms with Gasteiger partial charge in [-0.2, -0.15) is 5.26 Å². The summed E-state index contributed by atoms with van der Waals surface area (Å²) >= 11 is 0. The van der Waals surface area contributed by atoms with Crippen LogP contribution in [0.25, 0.3) is 0 Å². The summed E-state index contributed by atoms with van der Waals surface area (Å²) in [6.07, 6.45) is 1.63. The first kappa shape index (κ1) is 19.6. The monoisotopic (exact) mass is 376 g/mol. The van der Waals surface area contributed by atoms with Crippen LogP contribution in [0.2, 0.25) is 0 Å². The molecule has 28 heavy (non-hydrogen) atoms. The van der Waals surface area contributed by atoms with Crippen LogP contribution in [0.5, 0.6) is 0 Å². The zero-order valence-electron chi connectivity index (χ0n) is 15.9. The third kappa shape index (κ3) is 5.18. The number of nitriles is 1. The van der Waals surface area contributed by atoms with E-state index in [1.165, 1.54) is 0 Å². The molecule has 0 radical (unpaired) electrons. The van der Waals surface area contributed by atoms with Crippen molar-refractivity contribution in [1.29, 1.82) is 5.26 Å². The van der Waals surface area contributed by atoms with Gasteiger partial charge in [-0.05, 0) is 49.6 Å². The number of amides is 2. The second-order valence-corrected chi connectivity index (χ2v) is 7.08. The number of piperidine rings is 1. The van der Waals surface area contributed by atoms with E-state index in [1.807, 2.05) is 31.2 Å². The van der Waals surface area contributed by atoms with E-state index in [-0.39, 0.29) is 17.9 Å². The molecule has 2 aromatic carbocycles. The van der Waals surface area contributed by atoms with Crippen LogP contribution < -0.4 is 10.6 Å². The molecule has 0 unspecified atom stereocenters. The highest BCUT2D eigenvalue weighted by Gasteiger charge is 2.23. The molecule has 6 nitrogen and oxygen atoms in total. The maximum absolute atomic E-state index is 12.4. The molecule has 1 saturated heterocycles. The predicted octanol–water partition coefficient (Wildman–Crippen LogP) is 2.70. The van der Waals surface area contributed by atoms with Crippen molar-refractivity contribution in [3.8, 4) is 6.07 Å². The molecule has 1 aliphatic heterocycles. The number of rotatable bonds is 5. The van der Waals surface area contributed by atoms with Crippen molar-refractivity contribution < 1.29 is 9.59 Å². The van der Waals surface area contributed by atoms with Crippen LogP contribution in [0, 0.1) is 18.3 Å². The molecule has 6 heteroatoms. The SMILES string of the molecule is Cc1ccccc1C(=O)NC1CCN(CC(=O)Nc2cccc(C#N)c2)CC1. The second-order valence-electron chi connectivity index (χ2n) is 7.08. The van der Waals surface area contributed by atoms with Gasteiger partial charge in [-0.3, -0.25) is 14.5 Å². The number of anilines is 1. The topological polar surface area (TPSA) is 85.2 Å². The summed E-state index contributed by atoms with van der Waals surface area (Å²) in [5.74, 6) is -0.135. The van der Waals surface area contributed by atoms with Crippen LogP contribution in [0.3, 0.4) is 0 Å². The summed E-state index contributed by atoms with van der Waals surface area (Å²) in [6, 6.07) is 16.6. The minimum Gasteiger partial charge on any atom is -0.349 e. The molecule has 0 bridgehead atoms. The molecule has 0 saturated carbocycles. The summed E-state index contributed by atoms with van der Waals surface area (Å²) in [5, 5.41) is 14.9. The predicted molar refractivity (Wildman–Crippen MR) is 108 cm³/mol. The molecule has 0 atom stereocenters. The Bertz CT molecular complexity index is 895. The molecule has 1 heterocycles. The Labute approximate surface area is 165 Å². The Morgan fingerprint density at radius 1 is 1.14 bits per heavy atom. The summed E-state index contributed by atoms with van der Waals surface area (Å²) in [6.45, 7) is 3.74. The summed E-state index contributed by atoms with van der Waals surface area (Å²) < 4.78 is 0. The number of hydrogen-bond acceptors (Lipinski definition) is 4. The first-order valence-corrected chi connectivity index (χ1v) is 9.44. The number of nitrogens with zero attached hydrogens (tertiary/aromatic N) is 2. The van der Waals surface area contributed by atoms with E-state index in [0.717, 1.165) is 31.5 Å². The molecule has 0 aromatic heterocycles. The van der Waals surface area contributed by atoms with Crippen LogP contribution >= 0.6 is 0 Å². The highest BCUT2D eigenvalue weighted by atomic mass is 16.2. The molecule has 1 fully saturated rings. The number of hydrogen-bond donors (Lipinski definition) is 2. The zero-order valence-corrected chi connectivity index (χ0v) is 15.9. The molecule has 2 N–H and O–H groups in total. The van der Waals surface area contributed by atoms with Crippen LogP contribution in [-0.4, -0.2) is 42.4 Å². The molecule has 0 aliphatic carbocycles. The highest BCUT2D eigenvalue weighted by molar-refractivity contribution is 5.95. The Morgan fingerprint density at radius 3 is 2.61 bits per heavy atom. The Balaban J connectivity index is 1.45. The lowest BCUT2D eigenvalue weighted by molar-refractivity contribution is -0.117. The lowest BCUT2D eigenvalue weighted by atomic mass is 10.0. The van der Waals surface area contributed by atoms with Gasteiger partial charge in [0.1, 0.15) is 0 Å². The molecule has 2 amide bonds. The molecular weight excluding hydrogens is 352 g/mol. The van der Waals surface area contributed by atoms with Gasteiger partial charge < -0.3 is 10.6 Å². The number of carbonyl (C=O) groups is 2. The van der Waals surface area contributed by atoms with Crippen LogP contribution in [0.1, 0.15) is 34.3 Å². The summed E-state index contributed by atoms with van der Waals surface area (Å²) in [5.41, 5.74) is 2.82. The van der Waals surface area contributed by atoms with Gasteiger partial charge in [0.05, 0.1) is 18.2 Å². The quantitative estimate of drug-likeness (QED) is 0.840. The van der Waals surface area contributed by atoms with Crippen molar-refractivity contribution in [2.45, 2.75) is 25.8 Å². The standard InChI is InChI=1S/C22H24N4O2/c1-16-5-2-3-8-20(16)22(28)25-18-9-11-26(12-10-18)15-21(27)24-19-7-4-6-17(13-19)14-23/h2-8,13,18H,9-12,15H2,1H3,(H,24,27)(H,25,28). The molecule has 2 aromatic rings. The molecule has 3 rings (SSSR count). The van der Waals surface area contributed by atoms with Crippen LogP contribution in [-0.2, 0) is 4.79 Å². The normalized spacial score (nSPS) is 14.9. The fourth-order valence-electron chi connectivity index (χ4n) is 3.40. The number of nitrogens with one attached hydrogen (secondary N) is 2. The number of aryl methyl sites for hydroxylation is 1. The van der Waals surface area contributed by atoms with E-state index >= 15 is 0 Å². The third-order valence-corrected chi connectivity index (χ3v) is 4.96. The number of likely N-dealkylation sites (tertiary alicyclic amines) is 1. The molecular formula is C22H24N4O2. The van der Waals surface area contributed by atoms with Crippen molar-refractivity contribution >= 4 is 17.5 Å². The van der Waals surface area contributed by atoms with Crippen molar-refractivity contribution in [2.24, 2.45) is 0 Å². The molecule has 1 aliphatic rings. The van der Waals surface area contributed by atoms with Gasteiger partial charge in [0.15, 0.2) is 0 Å². The van der Waals surface area contributed by atoms with E-state index < -0.39 is 0 Å². The van der Waals surface area contributed by atoms with Crippen molar-refractivity contribution in [3.05, 3.63) is 65.2 Å². The Morgan fingerprint density at radius 2 is 1.89 bits per heavy atom. The lowest BCUT2D eigenvalue weighted by Crippen LogP contribution is -2.46. The fraction of sp³-hybridized carbons (Fsp3) is 0.318. The van der Waals surface area contributed by atoms with Crippen LogP contribution in [0.15, 0.2) is 48.5 Å². The second kappa shape index (κ2) is 9.16. The van der Waals surface area contributed by atoms with Crippen LogP contribution in [0.4, 0.5) is 5.69 Å². The van der Waals surface area contributed by atoms with Gasteiger partial charge in [0, 0.05) is 30.4 Å². The van der Waals surface area contributed by atoms with E-state index in [2.05, 4.69) is 21.6 Å². The highest BCUT2D eigenvalue weighted by Crippen LogP contribution is 2.14. The Kier molecular flexibility index (Phi) is 6.41. The van der Waals surface area contributed by atoms with Gasteiger partial charge in [0.25, 0.3) is 5.91 Å². The average Bonchev–Trinajstić information content (AvgIpc) is 2.70. The first-order valence-electron chi connectivity index (χ1n) is 9.44. The van der Waals surface area contributed by atoms with E-state index in [1.54, 1.807) is 24.3 Å². The minimum atomic E-state index is -0.0996. The van der Waals surface area contributed by atoms with E-state index in [9.17, 15) is 9.59 Å². The van der Waals surface area contributed by atoms with Gasteiger partial charge >= 0.3 is 0 Å². The third-order valence-electron chi connectivity index (χ3n) is 4.96. The van der Waals surface area contributed by atoms with Gasteiger partial charge in [0.2, 0.25) is 5.91 Å². The fourth-order valence-corrected chi connectivity index (χ4v) is 3.40. The minimum absolute atomic E-state index is 0.0355. The maximum Gasteiger partial charge on any atom is 0.251 e. The van der Waals surface area contributed by atoms with Gasteiger partial charge in [-0.1, -0.05) is 24.3 Å². The Hall–Kier alpha value is -3.17. The summed E-state index contributed by atoms with van der Waals surface area (Å²) in [7, 11) is 0. The number of carbonyl (C=O) groups excluding carboxylic acids is 2. The van der Waals surface area contributed by atoms with Crippen molar-refractivity contribution in [1.82, 2.24) is 10.2 Å². The summed E-state index contributed by atoms with van der Waals surface area (Å²) in [4.78, 5) is 26.8. The first-order chi connectivity index (χ1) is 13.5. The van der Waals surface area contributed by atoms with Crippen molar-refractivity contribution in [2.75, 3.05) is 25.0 Å². The maximum atomic E-state index is 12.4. The molecule has 0 spiro atoms. The zero-order chi connectivity index (χ0) is 19.9. The average molecular weight is 376 g/mol. The van der Waals surface area contributed by atoms with Crippen molar-refractivity contribution in [3.63, 3.8) is 0 Å². The van der Waals surface area contributed by atoms with E-state index in [0.29, 0.717) is 23.4 Å². The van der Waals surface area contributed by atoms with Gasteiger partial charge in [-0.25, -0.2) is 0 Å². The number of benzene rings is 2. The molecule has 144 valence electrons. The van der Waals surface area contributed by atoms with Gasteiger partial charge in [-0.15, -0.1) is 0 Å². The smallest absolute Gasteiger partial charge is 0.251 e. The largest absolute Gasteiger partial charge is 0.349 e. The van der Waals surface area contributed by atoms with E-state index in [4.69, 9.17) is 5.26 Å². The lowest BCUT2D eigenvalue weighted by Gasteiger charge is -2.32.